The van der Waals surface area contributed by atoms with Crippen LogP contribution in [0.4, 0.5) is 0 Å². The van der Waals surface area contributed by atoms with E-state index in [4.69, 9.17) is 4.74 Å². The van der Waals surface area contributed by atoms with Gasteiger partial charge < -0.3 is 14.6 Å². The van der Waals surface area contributed by atoms with Gasteiger partial charge in [-0.1, -0.05) is 24.3 Å². The number of amides is 1. The van der Waals surface area contributed by atoms with Crippen molar-refractivity contribution < 1.29 is 9.53 Å². The van der Waals surface area contributed by atoms with E-state index in [2.05, 4.69) is 40.8 Å². The summed E-state index contributed by atoms with van der Waals surface area (Å²) >= 11 is 0. The molecule has 5 heteroatoms. The highest BCUT2D eigenvalue weighted by molar-refractivity contribution is 5.79. The number of hydrogen-bond acceptors (Lipinski definition) is 3. The number of rotatable bonds is 5. The maximum absolute atomic E-state index is 12.4. The van der Waals surface area contributed by atoms with E-state index in [1.807, 2.05) is 37.4 Å². The minimum atomic E-state index is -0.109. The zero-order valence-corrected chi connectivity index (χ0v) is 16.8. The highest BCUT2D eigenvalue weighted by Crippen LogP contribution is 2.33. The van der Waals surface area contributed by atoms with Crippen LogP contribution in [0, 0.1) is 0 Å². The molecule has 0 unspecified atom stereocenters. The van der Waals surface area contributed by atoms with Crippen LogP contribution >= 0.6 is 0 Å². The normalized spacial score (nSPS) is 15.1. The van der Waals surface area contributed by atoms with Crippen molar-refractivity contribution in [3.63, 3.8) is 0 Å². The van der Waals surface area contributed by atoms with Crippen LogP contribution in [0.5, 0.6) is 5.75 Å². The molecule has 3 aromatic rings. The van der Waals surface area contributed by atoms with Crippen molar-refractivity contribution >= 4 is 16.9 Å². The summed E-state index contributed by atoms with van der Waals surface area (Å²) in [4.78, 5) is 17.0. The summed E-state index contributed by atoms with van der Waals surface area (Å²) in [5.74, 6) is 1.97. The lowest BCUT2D eigenvalue weighted by molar-refractivity contribution is -0.120. The molecule has 2 aromatic carbocycles. The smallest absolute Gasteiger partial charge is 0.224 e. The first kappa shape index (κ1) is 18.5. The van der Waals surface area contributed by atoms with Crippen LogP contribution in [0.25, 0.3) is 11.0 Å². The molecule has 0 saturated heterocycles. The van der Waals surface area contributed by atoms with Crippen LogP contribution in [-0.4, -0.2) is 27.6 Å². The molecule has 0 spiro atoms. The van der Waals surface area contributed by atoms with Crippen molar-refractivity contribution in [2.45, 2.75) is 45.1 Å². The van der Waals surface area contributed by atoms with Crippen LogP contribution < -0.4 is 10.1 Å². The first-order valence-electron chi connectivity index (χ1n) is 9.89. The van der Waals surface area contributed by atoms with Crippen LogP contribution in [-0.2, 0) is 31.1 Å². The molecule has 0 saturated carbocycles. The molecule has 1 aromatic heterocycles. The van der Waals surface area contributed by atoms with E-state index in [9.17, 15) is 4.79 Å². The molecule has 5 nitrogen and oxygen atoms in total. The summed E-state index contributed by atoms with van der Waals surface area (Å²) < 4.78 is 8.11. The summed E-state index contributed by atoms with van der Waals surface area (Å²) in [6.07, 6.45) is 3.08. The average molecular weight is 377 g/mol. The third kappa shape index (κ3) is 3.88. The van der Waals surface area contributed by atoms with Crippen LogP contribution in [0.1, 0.15) is 37.2 Å². The van der Waals surface area contributed by atoms with Crippen molar-refractivity contribution in [1.29, 1.82) is 0 Å². The molecule has 0 atom stereocenters. The summed E-state index contributed by atoms with van der Waals surface area (Å²) in [6, 6.07) is 14.2. The Hall–Kier alpha value is -2.82. The predicted molar refractivity (Wildman–Crippen MR) is 111 cm³/mol. The van der Waals surface area contributed by atoms with Crippen LogP contribution in [0.3, 0.4) is 0 Å². The Kier molecular flexibility index (Phi) is 4.84. The van der Waals surface area contributed by atoms with Gasteiger partial charge in [0.25, 0.3) is 0 Å². The van der Waals surface area contributed by atoms with Crippen LogP contribution in [0.2, 0.25) is 0 Å². The highest BCUT2D eigenvalue weighted by Gasteiger charge is 2.26. The second-order valence-electron chi connectivity index (χ2n) is 8.16. The van der Waals surface area contributed by atoms with Crippen molar-refractivity contribution in [3.8, 4) is 5.75 Å². The first-order chi connectivity index (χ1) is 13.4. The van der Waals surface area contributed by atoms with Gasteiger partial charge in [-0.25, -0.2) is 4.98 Å². The number of para-hydroxylation sites is 2. The highest BCUT2D eigenvalue weighted by atomic mass is 16.5. The van der Waals surface area contributed by atoms with Gasteiger partial charge in [-0.15, -0.1) is 0 Å². The number of carbonyl (C=O) groups is 1. The first-order valence-corrected chi connectivity index (χ1v) is 9.89. The van der Waals surface area contributed by atoms with E-state index in [0.29, 0.717) is 19.4 Å². The molecule has 4 rings (SSSR count). The summed E-state index contributed by atoms with van der Waals surface area (Å²) in [6.45, 7) is 4.81. The van der Waals surface area contributed by atoms with Gasteiger partial charge in [-0.3, -0.25) is 4.79 Å². The Bertz CT molecular complexity index is 1020. The van der Waals surface area contributed by atoms with E-state index in [-0.39, 0.29) is 11.5 Å². The van der Waals surface area contributed by atoms with Gasteiger partial charge in [-0.2, -0.15) is 0 Å². The number of ether oxygens (including phenoxy) is 1. The van der Waals surface area contributed by atoms with Gasteiger partial charge in [-0.05, 0) is 56.0 Å². The molecule has 1 N–H and O–H groups in total. The minimum Gasteiger partial charge on any atom is -0.488 e. The van der Waals surface area contributed by atoms with Crippen molar-refractivity contribution in [3.05, 3.63) is 59.4 Å². The van der Waals surface area contributed by atoms with Crippen molar-refractivity contribution in [2.24, 2.45) is 7.05 Å². The molecule has 0 fully saturated rings. The van der Waals surface area contributed by atoms with E-state index in [1.165, 1.54) is 5.56 Å². The van der Waals surface area contributed by atoms with Crippen molar-refractivity contribution in [1.82, 2.24) is 14.9 Å². The number of fused-ring (bicyclic) bond motifs is 2. The van der Waals surface area contributed by atoms with E-state index >= 15 is 0 Å². The molecule has 28 heavy (non-hydrogen) atoms. The number of aromatic nitrogens is 2. The Balaban J connectivity index is 1.33. The second kappa shape index (κ2) is 7.30. The molecular formula is C23H27N3O2. The number of carbonyl (C=O) groups excluding carboxylic acids is 1. The molecule has 1 aliphatic rings. The molecule has 2 heterocycles. The monoisotopic (exact) mass is 377 g/mol. The zero-order chi connectivity index (χ0) is 19.7. The third-order valence-electron chi connectivity index (χ3n) is 5.42. The van der Waals surface area contributed by atoms with Gasteiger partial charge in [0.05, 0.1) is 17.5 Å². The predicted octanol–water partition coefficient (Wildman–Crippen LogP) is 3.58. The fourth-order valence-corrected chi connectivity index (χ4v) is 3.80. The minimum absolute atomic E-state index is 0.0378. The summed E-state index contributed by atoms with van der Waals surface area (Å²) in [5.41, 5.74) is 4.22. The number of nitrogens with zero attached hydrogens (tertiary/aromatic N) is 2. The Morgan fingerprint density at radius 1 is 1.25 bits per heavy atom. The topological polar surface area (TPSA) is 56.2 Å². The number of imidazole rings is 1. The van der Waals surface area contributed by atoms with Gasteiger partial charge in [0.15, 0.2) is 0 Å². The lowest BCUT2D eigenvalue weighted by atomic mass is 9.93. The van der Waals surface area contributed by atoms with Crippen LogP contribution in [0.15, 0.2) is 42.5 Å². The second-order valence-corrected chi connectivity index (χ2v) is 8.16. The number of hydrogen-bond donors (Lipinski definition) is 1. The Labute approximate surface area is 165 Å². The largest absolute Gasteiger partial charge is 0.488 e. The molecular weight excluding hydrogens is 350 g/mol. The SMILES string of the molecule is Cn1c(CCNC(=O)Cc2ccc3c(c2)CCC(C)(C)O3)nc2ccccc21. The molecule has 1 aliphatic heterocycles. The molecule has 0 bridgehead atoms. The molecule has 146 valence electrons. The standard InChI is InChI=1S/C23H27N3O2/c1-23(2)12-10-17-14-16(8-9-20(17)28-23)15-22(27)24-13-11-21-25-18-6-4-5-7-19(18)26(21)3/h4-9,14H,10-13,15H2,1-3H3,(H,24,27). The third-order valence-corrected chi connectivity index (χ3v) is 5.42. The van der Waals surface area contributed by atoms with Crippen molar-refractivity contribution in [2.75, 3.05) is 6.54 Å². The van der Waals surface area contributed by atoms with Gasteiger partial charge in [0.2, 0.25) is 5.91 Å². The fourth-order valence-electron chi connectivity index (χ4n) is 3.80. The molecule has 1 amide bonds. The lowest BCUT2D eigenvalue weighted by Gasteiger charge is -2.32. The van der Waals surface area contributed by atoms with E-state index in [1.54, 1.807) is 0 Å². The quantitative estimate of drug-likeness (QED) is 0.739. The molecule has 0 aliphatic carbocycles. The number of aryl methyl sites for hydroxylation is 2. The van der Waals surface area contributed by atoms with Gasteiger partial charge in [0, 0.05) is 20.0 Å². The van der Waals surface area contributed by atoms with Gasteiger partial charge >= 0.3 is 0 Å². The zero-order valence-electron chi connectivity index (χ0n) is 16.8. The lowest BCUT2D eigenvalue weighted by Crippen LogP contribution is -2.32. The molecule has 0 radical (unpaired) electrons. The number of nitrogens with one attached hydrogen (secondary N) is 1. The average Bonchev–Trinajstić information content (AvgIpc) is 2.98. The summed E-state index contributed by atoms with van der Waals surface area (Å²) in [5, 5.41) is 3.02. The Morgan fingerprint density at radius 2 is 2.07 bits per heavy atom. The Morgan fingerprint density at radius 3 is 2.89 bits per heavy atom. The van der Waals surface area contributed by atoms with Gasteiger partial charge in [0.1, 0.15) is 17.2 Å². The maximum atomic E-state index is 12.4. The van der Waals surface area contributed by atoms with E-state index in [0.717, 1.165) is 41.0 Å². The fraction of sp³-hybridized carbons (Fsp3) is 0.391. The number of benzene rings is 2. The van der Waals surface area contributed by atoms with E-state index < -0.39 is 0 Å². The summed E-state index contributed by atoms with van der Waals surface area (Å²) in [7, 11) is 2.02. The maximum Gasteiger partial charge on any atom is 0.224 e.